The molecule has 0 saturated carbocycles. The maximum Gasteiger partial charge on any atom is 2.00 e. The van der Waals surface area contributed by atoms with Crippen molar-refractivity contribution in [3.05, 3.63) is 12.3 Å². The SMILES string of the molecule is [CH]S([O-])(/N=C(\[CH-][Si](C)(C)OC(C)C)C(F)F)C(C)(C)C.[Cl-].[Mg+2]. The van der Waals surface area contributed by atoms with E-state index in [2.05, 4.69) is 4.40 Å². The molecule has 22 heavy (non-hydrogen) atoms. The van der Waals surface area contributed by atoms with E-state index in [-0.39, 0.29) is 41.6 Å². The van der Waals surface area contributed by atoms with E-state index in [0.29, 0.717) is 0 Å². The van der Waals surface area contributed by atoms with Crippen LogP contribution in [0.2, 0.25) is 13.1 Å². The van der Waals surface area contributed by atoms with Crippen LogP contribution in [0.1, 0.15) is 34.6 Å². The number of alkyl halides is 2. The van der Waals surface area contributed by atoms with Gasteiger partial charge in [0, 0.05) is 12.4 Å². The van der Waals surface area contributed by atoms with E-state index in [0.717, 1.165) is 0 Å². The van der Waals surface area contributed by atoms with E-state index >= 15 is 0 Å². The summed E-state index contributed by atoms with van der Waals surface area (Å²) in [6.45, 7) is 12.0. The first-order chi connectivity index (χ1) is 8.68. The molecule has 0 aromatic rings. The molecule has 1 atom stereocenters. The Bertz CT molecular complexity index is 364. The molecule has 128 valence electrons. The first kappa shape index (κ1) is 27.8. The molecule has 0 aliphatic heterocycles. The van der Waals surface area contributed by atoms with E-state index in [1.807, 2.05) is 13.8 Å². The second kappa shape index (κ2) is 10.1. The fourth-order valence-electron chi connectivity index (χ4n) is 1.42. The van der Waals surface area contributed by atoms with Crippen molar-refractivity contribution >= 4 is 47.6 Å². The van der Waals surface area contributed by atoms with Gasteiger partial charge in [-0.2, -0.15) is 0 Å². The Morgan fingerprint density at radius 2 is 1.73 bits per heavy atom. The largest absolute Gasteiger partial charge is 2.00 e. The molecule has 0 saturated heterocycles. The van der Waals surface area contributed by atoms with Crippen molar-refractivity contribution in [2.24, 2.45) is 4.40 Å². The summed E-state index contributed by atoms with van der Waals surface area (Å²) in [7, 11) is -5.72. The molecule has 0 rings (SSSR count). The quantitative estimate of drug-likeness (QED) is 0.389. The maximum absolute atomic E-state index is 13.1. The van der Waals surface area contributed by atoms with Crippen molar-refractivity contribution < 1.29 is 30.2 Å². The third-order valence-corrected chi connectivity index (χ3v) is 6.68. The molecule has 0 N–H and O–H groups in total. The Hall–Kier alpha value is 0.943. The molecule has 0 aromatic heterocycles. The number of halogens is 3. The smallest absolute Gasteiger partial charge is 1.00 e. The van der Waals surface area contributed by atoms with Gasteiger partial charge in [0.25, 0.3) is 0 Å². The predicted molar refractivity (Wildman–Crippen MR) is 89.6 cm³/mol. The van der Waals surface area contributed by atoms with Crippen molar-refractivity contribution in [1.29, 1.82) is 0 Å². The van der Waals surface area contributed by atoms with E-state index in [4.69, 9.17) is 10.7 Å². The van der Waals surface area contributed by atoms with Gasteiger partial charge in [0.15, 0.2) is 0 Å². The van der Waals surface area contributed by atoms with Crippen molar-refractivity contribution in [3.8, 4) is 0 Å². The molecule has 0 bridgehead atoms. The fourth-order valence-corrected chi connectivity index (χ4v) is 4.42. The van der Waals surface area contributed by atoms with Crippen molar-refractivity contribution in [3.63, 3.8) is 0 Å². The monoisotopic (exact) mass is 384 g/mol. The molecular formula is C13H25ClF2MgNO2SSi-. The first-order valence-corrected chi connectivity index (χ1v) is 11.0. The van der Waals surface area contributed by atoms with Crippen LogP contribution in [0.3, 0.4) is 0 Å². The Balaban J connectivity index is -0.00000180. The molecule has 0 amide bonds. The molecule has 0 aromatic carbocycles. The minimum atomic E-state index is -3.25. The van der Waals surface area contributed by atoms with Crippen molar-refractivity contribution in [2.75, 3.05) is 0 Å². The van der Waals surface area contributed by atoms with Crippen LogP contribution in [0, 0.1) is 12.3 Å². The van der Waals surface area contributed by atoms with Crippen molar-refractivity contribution in [2.45, 2.75) is 65.0 Å². The molecule has 3 nitrogen and oxygen atoms in total. The van der Waals surface area contributed by atoms with Crippen LogP contribution in [0.5, 0.6) is 0 Å². The molecule has 0 aliphatic rings. The third kappa shape index (κ3) is 9.94. The maximum atomic E-state index is 13.1. The van der Waals surface area contributed by atoms with Gasteiger partial charge in [-0.15, -0.1) is 0 Å². The van der Waals surface area contributed by atoms with Gasteiger partial charge in [0.1, 0.15) is 0 Å². The van der Waals surface area contributed by atoms with Crippen LogP contribution in [0.4, 0.5) is 8.78 Å². The van der Waals surface area contributed by atoms with Gasteiger partial charge in [-0.3, -0.25) is 4.40 Å². The molecule has 9 heteroatoms. The molecular weight excluding hydrogens is 360 g/mol. The minimum absolute atomic E-state index is 0. The summed E-state index contributed by atoms with van der Waals surface area (Å²) in [5.74, 6) is 0. The van der Waals surface area contributed by atoms with Crippen LogP contribution in [0.15, 0.2) is 4.40 Å². The summed E-state index contributed by atoms with van der Waals surface area (Å²) in [5, 5.41) is 0. The van der Waals surface area contributed by atoms with Gasteiger partial charge < -0.3 is 27.4 Å². The molecule has 0 fully saturated rings. The normalized spacial score (nSPS) is 17.4. The third-order valence-electron chi connectivity index (χ3n) is 2.38. The van der Waals surface area contributed by atoms with Crippen LogP contribution < -0.4 is 12.4 Å². The van der Waals surface area contributed by atoms with Gasteiger partial charge in [-0.05, 0) is 24.3 Å². The Morgan fingerprint density at radius 3 is 2.00 bits per heavy atom. The number of hydrogen-bond donors (Lipinski definition) is 0. The molecule has 1 unspecified atom stereocenters. The topological polar surface area (TPSA) is 44.7 Å². The zero-order valence-corrected chi connectivity index (χ0v) is 18.3. The van der Waals surface area contributed by atoms with E-state index in [9.17, 15) is 13.3 Å². The second-order valence-corrected chi connectivity index (χ2v) is 12.7. The number of nitrogens with zero attached hydrogens (tertiary/aromatic N) is 1. The van der Waals surface area contributed by atoms with Crippen LogP contribution >= 0.6 is 10.5 Å². The summed E-state index contributed by atoms with van der Waals surface area (Å²) >= 11 is 0. The Kier molecular flexibility index (Phi) is 12.7. The summed E-state index contributed by atoms with van der Waals surface area (Å²) < 4.78 is 46.9. The number of rotatable bonds is 6. The van der Waals surface area contributed by atoms with Crippen LogP contribution in [-0.2, 0) is 4.43 Å². The second-order valence-electron chi connectivity index (χ2n) is 6.41. The first-order valence-electron chi connectivity index (χ1n) is 6.41. The van der Waals surface area contributed by atoms with Gasteiger partial charge in [-0.25, -0.2) is 19.3 Å². The fraction of sp³-hybridized carbons (Fsp3) is 0.769. The summed E-state index contributed by atoms with van der Waals surface area (Å²) in [4.78, 5) is 0. The summed E-state index contributed by atoms with van der Waals surface area (Å²) in [6.07, 6.45) is 2.71. The average molecular weight is 385 g/mol. The molecule has 0 aliphatic carbocycles. The predicted octanol–water partition coefficient (Wildman–Crippen LogP) is 1.01. The van der Waals surface area contributed by atoms with Gasteiger partial charge >= 0.3 is 23.1 Å². The van der Waals surface area contributed by atoms with E-state index in [1.54, 1.807) is 33.9 Å². The zero-order chi connectivity index (χ0) is 16.4. The van der Waals surface area contributed by atoms with Gasteiger partial charge in [-0.1, -0.05) is 33.9 Å². The average Bonchev–Trinajstić information content (AvgIpc) is 2.10. The van der Waals surface area contributed by atoms with Gasteiger partial charge in [0.2, 0.25) is 6.43 Å². The van der Waals surface area contributed by atoms with Crippen molar-refractivity contribution in [1.82, 2.24) is 0 Å². The Labute approximate surface area is 159 Å². The summed E-state index contributed by atoms with van der Waals surface area (Å²) in [6, 6.07) is 1.32. The van der Waals surface area contributed by atoms with Gasteiger partial charge in [0.05, 0.1) is 8.32 Å². The van der Waals surface area contributed by atoms with E-state index in [1.165, 1.54) is 6.04 Å². The molecule has 0 spiro atoms. The van der Waals surface area contributed by atoms with Crippen LogP contribution in [0.25, 0.3) is 0 Å². The van der Waals surface area contributed by atoms with Crippen LogP contribution in [-0.4, -0.2) is 58.9 Å². The minimum Gasteiger partial charge on any atom is -1.00 e. The summed E-state index contributed by atoms with van der Waals surface area (Å²) in [5.41, 5.74) is -0.537. The zero-order valence-electron chi connectivity index (χ0n) is 14.3. The Morgan fingerprint density at radius 1 is 1.32 bits per heavy atom. The molecule has 0 heterocycles. The van der Waals surface area contributed by atoms with E-state index < -0.39 is 35.7 Å². The standard InChI is InChI=1S/C13H26F2NO2SSi.ClH.Mg/c1-10(2)18-20(7,8)9-11(12(14)15)16-19(6,17)13(3,4)5;;/h6,9-10,12,17H,1-5,7-8H3;1H;/q-1;;+2/p-2/b16-11+;;. The molecule has 2 radical (unpaired) electrons. The number of hydrogen-bond acceptors (Lipinski definition) is 3.